The lowest BCUT2D eigenvalue weighted by Gasteiger charge is -2.11. The zero-order chi connectivity index (χ0) is 21.8. The Hall–Kier alpha value is -3.90. The van der Waals surface area contributed by atoms with Crippen molar-refractivity contribution in [3.8, 4) is 0 Å². The molecule has 0 saturated carbocycles. The summed E-state index contributed by atoms with van der Waals surface area (Å²) >= 11 is 0. The zero-order valence-corrected chi connectivity index (χ0v) is 17.1. The van der Waals surface area contributed by atoms with Gasteiger partial charge >= 0.3 is 0 Å². The van der Waals surface area contributed by atoms with Crippen molar-refractivity contribution in [1.82, 2.24) is 15.2 Å². The van der Waals surface area contributed by atoms with Gasteiger partial charge in [-0.05, 0) is 42.0 Å². The summed E-state index contributed by atoms with van der Waals surface area (Å²) < 4.78 is 2.13. The maximum Gasteiger partial charge on any atom is 0.267 e. The summed E-state index contributed by atoms with van der Waals surface area (Å²) in [7, 11) is 2.02. The number of hydrogen-bond donors (Lipinski definition) is 3. The van der Waals surface area contributed by atoms with Crippen molar-refractivity contribution >= 4 is 39.7 Å². The highest BCUT2D eigenvalue weighted by atomic mass is 16.3. The van der Waals surface area contributed by atoms with Crippen LogP contribution < -0.4 is 10.6 Å². The quantitative estimate of drug-likeness (QED) is 0.425. The third kappa shape index (κ3) is 4.20. The van der Waals surface area contributed by atoms with E-state index in [1.807, 2.05) is 43.4 Å². The number of nitrogens with zero attached hydrogens (tertiary/aromatic N) is 1. The van der Waals surface area contributed by atoms with Crippen LogP contribution in [0.25, 0.3) is 27.9 Å². The molecule has 3 aromatic carbocycles. The SMILES string of the molecule is Cn1c2ccccc2c2cc(C=C(NC(=O)c3ccccc3)C(=O)NCCO)ccc21. The topological polar surface area (TPSA) is 83.4 Å². The first-order chi connectivity index (χ1) is 15.1. The molecule has 31 heavy (non-hydrogen) atoms. The largest absolute Gasteiger partial charge is 0.395 e. The number of rotatable bonds is 6. The standard InChI is InChI=1S/C25H23N3O3/c1-28-22-10-6-5-9-19(22)20-15-17(11-12-23(20)28)16-21(25(31)26-13-14-29)27-24(30)18-7-3-2-4-8-18/h2-12,15-16,29H,13-14H2,1H3,(H,26,31)(H,27,30). The molecule has 0 atom stereocenters. The Labute approximate surface area is 179 Å². The van der Waals surface area contributed by atoms with Crippen LogP contribution in [-0.2, 0) is 11.8 Å². The number of para-hydroxylation sites is 1. The first-order valence-electron chi connectivity index (χ1n) is 10.0. The highest BCUT2D eigenvalue weighted by Gasteiger charge is 2.15. The molecule has 6 heteroatoms. The van der Waals surface area contributed by atoms with E-state index in [0.29, 0.717) is 5.56 Å². The van der Waals surface area contributed by atoms with Gasteiger partial charge in [0.05, 0.1) is 6.61 Å². The zero-order valence-electron chi connectivity index (χ0n) is 17.1. The Morgan fingerprint density at radius 2 is 1.65 bits per heavy atom. The van der Waals surface area contributed by atoms with Crippen molar-refractivity contribution in [2.75, 3.05) is 13.2 Å². The van der Waals surface area contributed by atoms with Crippen LogP contribution in [0.15, 0.2) is 78.5 Å². The maximum atomic E-state index is 12.6. The maximum absolute atomic E-state index is 12.6. The first kappa shape index (κ1) is 20.4. The minimum atomic E-state index is -0.462. The first-order valence-corrected chi connectivity index (χ1v) is 10.0. The monoisotopic (exact) mass is 413 g/mol. The van der Waals surface area contributed by atoms with E-state index in [1.165, 1.54) is 0 Å². The Kier molecular flexibility index (Phi) is 5.82. The number of aliphatic hydroxyl groups excluding tert-OH is 1. The van der Waals surface area contributed by atoms with Crippen LogP contribution in [0.5, 0.6) is 0 Å². The van der Waals surface area contributed by atoms with E-state index in [2.05, 4.69) is 27.3 Å². The summed E-state index contributed by atoms with van der Waals surface area (Å²) in [5.74, 6) is -0.839. The van der Waals surface area contributed by atoms with Crippen LogP contribution in [-0.4, -0.2) is 34.6 Å². The number of fused-ring (bicyclic) bond motifs is 3. The van der Waals surface area contributed by atoms with Gasteiger partial charge in [-0.25, -0.2) is 0 Å². The molecule has 0 aliphatic heterocycles. The number of hydrogen-bond acceptors (Lipinski definition) is 3. The van der Waals surface area contributed by atoms with Crippen LogP contribution in [0.3, 0.4) is 0 Å². The summed E-state index contributed by atoms with van der Waals surface area (Å²) in [5, 5.41) is 16.5. The number of aliphatic hydroxyl groups is 1. The summed E-state index contributed by atoms with van der Waals surface area (Å²) in [6.45, 7) is -0.0899. The van der Waals surface area contributed by atoms with Crippen LogP contribution in [0, 0.1) is 0 Å². The number of aromatic nitrogens is 1. The van der Waals surface area contributed by atoms with Crippen molar-refractivity contribution < 1.29 is 14.7 Å². The second-order valence-electron chi connectivity index (χ2n) is 7.21. The average Bonchev–Trinajstić information content (AvgIpc) is 3.09. The molecule has 0 radical (unpaired) electrons. The van der Waals surface area contributed by atoms with Crippen molar-refractivity contribution in [2.24, 2.45) is 7.05 Å². The molecule has 0 fully saturated rings. The number of carbonyl (C=O) groups excluding carboxylic acids is 2. The van der Waals surface area contributed by atoms with Gasteiger partial charge in [-0.15, -0.1) is 0 Å². The van der Waals surface area contributed by atoms with Gasteiger partial charge in [0.25, 0.3) is 11.8 Å². The molecule has 4 rings (SSSR count). The van der Waals surface area contributed by atoms with E-state index in [0.717, 1.165) is 27.4 Å². The molecule has 0 unspecified atom stereocenters. The molecule has 0 aliphatic rings. The molecule has 1 heterocycles. The lowest BCUT2D eigenvalue weighted by molar-refractivity contribution is -0.117. The van der Waals surface area contributed by atoms with Gasteiger partial charge in [0.1, 0.15) is 5.70 Å². The van der Waals surface area contributed by atoms with E-state index < -0.39 is 5.91 Å². The van der Waals surface area contributed by atoms with E-state index in [-0.39, 0.29) is 24.8 Å². The fourth-order valence-corrected chi connectivity index (χ4v) is 3.65. The van der Waals surface area contributed by atoms with Crippen LogP contribution in [0.1, 0.15) is 15.9 Å². The third-order valence-electron chi connectivity index (χ3n) is 5.17. The molecular formula is C25H23N3O3. The average molecular weight is 413 g/mol. The normalized spacial score (nSPS) is 11.6. The lowest BCUT2D eigenvalue weighted by atomic mass is 10.1. The fraction of sp³-hybridized carbons (Fsp3) is 0.120. The molecule has 0 spiro atoms. The van der Waals surface area contributed by atoms with Gasteiger partial charge in [-0.3, -0.25) is 9.59 Å². The van der Waals surface area contributed by atoms with Crippen LogP contribution in [0.2, 0.25) is 0 Å². The van der Waals surface area contributed by atoms with Crippen LogP contribution in [0.4, 0.5) is 0 Å². The Balaban J connectivity index is 1.74. The Morgan fingerprint density at radius 1 is 0.935 bits per heavy atom. The van der Waals surface area contributed by atoms with Crippen molar-refractivity contribution in [2.45, 2.75) is 0 Å². The van der Waals surface area contributed by atoms with Gasteiger partial charge in [-0.1, -0.05) is 42.5 Å². The third-order valence-corrected chi connectivity index (χ3v) is 5.17. The van der Waals surface area contributed by atoms with E-state index in [1.54, 1.807) is 30.3 Å². The number of carbonyl (C=O) groups is 2. The predicted molar refractivity (Wildman–Crippen MR) is 122 cm³/mol. The lowest BCUT2D eigenvalue weighted by Crippen LogP contribution is -2.36. The van der Waals surface area contributed by atoms with Crippen LogP contribution >= 0.6 is 0 Å². The Bertz CT molecular complexity index is 1290. The number of benzene rings is 3. The smallest absolute Gasteiger partial charge is 0.267 e. The second-order valence-corrected chi connectivity index (χ2v) is 7.21. The summed E-state index contributed by atoms with van der Waals surface area (Å²) in [6.07, 6.45) is 1.65. The van der Waals surface area contributed by atoms with E-state index in [4.69, 9.17) is 5.11 Å². The van der Waals surface area contributed by atoms with Gasteiger partial charge in [0.2, 0.25) is 0 Å². The molecule has 6 nitrogen and oxygen atoms in total. The molecule has 2 amide bonds. The summed E-state index contributed by atoms with van der Waals surface area (Å²) in [5.41, 5.74) is 3.55. The molecule has 3 N–H and O–H groups in total. The van der Waals surface area contributed by atoms with E-state index >= 15 is 0 Å². The van der Waals surface area contributed by atoms with Crippen molar-refractivity contribution in [3.05, 3.63) is 89.6 Å². The summed E-state index contributed by atoms with van der Waals surface area (Å²) in [6, 6.07) is 22.8. The molecular weight excluding hydrogens is 390 g/mol. The minimum Gasteiger partial charge on any atom is -0.395 e. The molecule has 1 aromatic heterocycles. The molecule has 0 saturated heterocycles. The van der Waals surface area contributed by atoms with Gasteiger partial charge in [0, 0.05) is 41.0 Å². The van der Waals surface area contributed by atoms with Gasteiger partial charge in [-0.2, -0.15) is 0 Å². The minimum absolute atomic E-state index is 0.0970. The number of nitrogens with one attached hydrogen (secondary N) is 2. The van der Waals surface area contributed by atoms with Gasteiger partial charge < -0.3 is 20.3 Å². The second kappa shape index (κ2) is 8.85. The molecule has 4 aromatic rings. The Morgan fingerprint density at radius 3 is 2.42 bits per heavy atom. The molecule has 156 valence electrons. The molecule has 0 bridgehead atoms. The van der Waals surface area contributed by atoms with Gasteiger partial charge in [0.15, 0.2) is 0 Å². The van der Waals surface area contributed by atoms with E-state index in [9.17, 15) is 9.59 Å². The summed E-state index contributed by atoms with van der Waals surface area (Å²) in [4.78, 5) is 25.3. The number of amides is 2. The predicted octanol–water partition coefficient (Wildman–Crippen LogP) is 3.21. The van der Waals surface area contributed by atoms with Crippen molar-refractivity contribution in [1.29, 1.82) is 0 Å². The highest BCUT2D eigenvalue weighted by molar-refractivity contribution is 6.09. The molecule has 0 aliphatic carbocycles. The fourth-order valence-electron chi connectivity index (χ4n) is 3.65. The van der Waals surface area contributed by atoms with Crippen molar-refractivity contribution in [3.63, 3.8) is 0 Å². The highest BCUT2D eigenvalue weighted by Crippen LogP contribution is 2.29. The number of aryl methyl sites for hydroxylation is 1.